The van der Waals surface area contributed by atoms with Gasteiger partial charge in [0.15, 0.2) is 0 Å². The summed E-state index contributed by atoms with van der Waals surface area (Å²) in [4.78, 5) is 35.2. The van der Waals surface area contributed by atoms with E-state index in [1.54, 1.807) is 24.3 Å². The molecule has 0 atom stereocenters. The van der Waals surface area contributed by atoms with Gasteiger partial charge in [0.25, 0.3) is 5.91 Å². The van der Waals surface area contributed by atoms with Crippen molar-refractivity contribution >= 4 is 33.7 Å². The fourth-order valence-electron chi connectivity index (χ4n) is 2.04. The SMILES string of the molecule is O=C(CCNC(=O)c1ccc(Br)cc1)NCC(=O)OCc1ccccc1. The highest BCUT2D eigenvalue weighted by molar-refractivity contribution is 9.10. The molecule has 0 aromatic heterocycles. The number of carbonyl (C=O) groups excluding carboxylic acids is 3. The van der Waals surface area contributed by atoms with Gasteiger partial charge in [-0.3, -0.25) is 14.4 Å². The van der Waals surface area contributed by atoms with Crippen molar-refractivity contribution in [2.24, 2.45) is 0 Å². The minimum atomic E-state index is -0.513. The van der Waals surface area contributed by atoms with Gasteiger partial charge < -0.3 is 15.4 Å². The summed E-state index contributed by atoms with van der Waals surface area (Å²) in [6.07, 6.45) is 0.0776. The first-order chi connectivity index (χ1) is 12.5. The molecule has 0 bridgehead atoms. The minimum absolute atomic E-state index is 0.0776. The molecular formula is C19H19BrN2O4. The van der Waals surface area contributed by atoms with Crippen molar-refractivity contribution in [2.45, 2.75) is 13.0 Å². The van der Waals surface area contributed by atoms with Crippen LogP contribution in [-0.2, 0) is 20.9 Å². The lowest BCUT2D eigenvalue weighted by Crippen LogP contribution is -2.34. The summed E-state index contributed by atoms with van der Waals surface area (Å²) in [7, 11) is 0. The van der Waals surface area contributed by atoms with Crippen LogP contribution in [0.4, 0.5) is 0 Å². The third-order valence-corrected chi connectivity index (χ3v) is 3.95. The van der Waals surface area contributed by atoms with E-state index in [1.807, 2.05) is 30.3 Å². The van der Waals surface area contributed by atoms with Crippen LogP contribution in [0.1, 0.15) is 22.3 Å². The van der Waals surface area contributed by atoms with Gasteiger partial charge in [-0.05, 0) is 29.8 Å². The fourth-order valence-corrected chi connectivity index (χ4v) is 2.31. The van der Waals surface area contributed by atoms with E-state index in [0.717, 1.165) is 10.0 Å². The van der Waals surface area contributed by atoms with Gasteiger partial charge in [-0.25, -0.2) is 0 Å². The molecule has 2 amide bonds. The van der Waals surface area contributed by atoms with E-state index in [4.69, 9.17) is 4.74 Å². The molecule has 0 saturated heterocycles. The van der Waals surface area contributed by atoms with Crippen LogP contribution in [0.2, 0.25) is 0 Å². The van der Waals surface area contributed by atoms with Crippen LogP contribution in [-0.4, -0.2) is 30.9 Å². The molecule has 2 N–H and O–H groups in total. The van der Waals surface area contributed by atoms with Crippen molar-refractivity contribution in [3.8, 4) is 0 Å². The van der Waals surface area contributed by atoms with Crippen molar-refractivity contribution in [2.75, 3.05) is 13.1 Å². The van der Waals surface area contributed by atoms with Crippen molar-refractivity contribution in [1.82, 2.24) is 10.6 Å². The number of ether oxygens (including phenoxy) is 1. The lowest BCUT2D eigenvalue weighted by molar-refractivity contribution is -0.145. The van der Waals surface area contributed by atoms with E-state index in [2.05, 4.69) is 26.6 Å². The van der Waals surface area contributed by atoms with Gasteiger partial charge in [-0.2, -0.15) is 0 Å². The van der Waals surface area contributed by atoms with Crippen molar-refractivity contribution in [3.05, 3.63) is 70.2 Å². The second kappa shape index (κ2) is 10.4. The lowest BCUT2D eigenvalue weighted by atomic mass is 10.2. The molecule has 0 radical (unpaired) electrons. The van der Waals surface area contributed by atoms with Gasteiger partial charge in [0.2, 0.25) is 5.91 Å². The molecule has 2 aromatic carbocycles. The van der Waals surface area contributed by atoms with E-state index in [1.165, 1.54) is 0 Å². The Morgan fingerprint density at radius 2 is 1.62 bits per heavy atom. The van der Waals surface area contributed by atoms with Crippen LogP contribution >= 0.6 is 15.9 Å². The zero-order valence-corrected chi connectivity index (χ0v) is 15.6. The maximum absolute atomic E-state index is 11.9. The van der Waals surface area contributed by atoms with Crippen LogP contribution in [0.25, 0.3) is 0 Å². The summed E-state index contributed by atoms with van der Waals surface area (Å²) < 4.78 is 5.94. The maximum Gasteiger partial charge on any atom is 0.325 e. The molecule has 2 aromatic rings. The normalized spacial score (nSPS) is 10.0. The molecular weight excluding hydrogens is 400 g/mol. The topological polar surface area (TPSA) is 84.5 Å². The summed E-state index contributed by atoms with van der Waals surface area (Å²) in [5.41, 5.74) is 1.39. The predicted octanol–water partition coefficient (Wildman–Crippen LogP) is 2.43. The fraction of sp³-hybridized carbons (Fsp3) is 0.211. The van der Waals surface area contributed by atoms with Crippen LogP contribution < -0.4 is 10.6 Å². The maximum atomic E-state index is 11.9. The largest absolute Gasteiger partial charge is 0.460 e. The number of amides is 2. The Labute approximate surface area is 160 Å². The first kappa shape index (κ1) is 19.7. The molecule has 2 rings (SSSR count). The zero-order chi connectivity index (χ0) is 18.8. The first-order valence-electron chi connectivity index (χ1n) is 8.04. The highest BCUT2D eigenvalue weighted by atomic mass is 79.9. The molecule has 0 heterocycles. The summed E-state index contributed by atoms with van der Waals surface area (Å²) in [5.74, 6) is -1.11. The lowest BCUT2D eigenvalue weighted by Gasteiger charge is -2.08. The monoisotopic (exact) mass is 418 g/mol. The summed E-state index contributed by atoms with van der Waals surface area (Å²) in [6, 6.07) is 16.2. The third-order valence-electron chi connectivity index (χ3n) is 3.42. The number of hydrogen-bond donors (Lipinski definition) is 2. The molecule has 26 heavy (non-hydrogen) atoms. The van der Waals surface area contributed by atoms with E-state index in [-0.39, 0.29) is 37.9 Å². The van der Waals surface area contributed by atoms with Gasteiger partial charge in [-0.15, -0.1) is 0 Å². The second-order valence-electron chi connectivity index (χ2n) is 5.44. The Hall–Kier alpha value is -2.67. The number of hydrogen-bond acceptors (Lipinski definition) is 4. The van der Waals surface area contributed by atoms with Crippen LogP contribution in [0, 0.1) is 0 Å². The van der Waals surface area contributed by atoms with Crippen molar-refractivity contribution < 1.29 is 19.1 Å². The van der Waals surface area contributed by atoms with Gasteiger partial charge in [0, 0.05) is 23.0 Å². The van der Waals surface area contributed by atoms with Crippen LogP contribution in [0.5, 0.6) is 0 Å². The van der Waals surface area contributed by atoms with Crippen molar-refractivity contribution in [1.29, 1.82) is 0 Å². The molecule has 7 heteroatoms. The summed E-state index contributed by atoms with van der Waals surface area (Å²) in [5, 5.41) is 5.12. The number of esters is 1. The molecule has 136 valence electrons. The zero-order valence-electron chi connectivity index (χ0n) is 14.0. The Balaban J connectivity index is 1.60. The first-order valence-corrected chi connectivity index (χ1v) is 8.84. The number of halogens is 1. The number of rotatable bonds is 8. The summed E-state index contributed by atoms with van der Waals surface area (Å²) in [6.45, 7) is 0.144. The minimum Gasteiger partial charge on any atom is -0.460 e. The van der Waals surface area contributed by atoms with E-state index in [0.29, 0.717) is 5.56 Å². The van der Waals surface area contributed by atoms with Crippen LogP contribution in [0.3, 0.4) is 0 Å². The smallest absolute Gasteiger partial charge is 0.325 e. The average molecular weight is 419 g/mol. The molecule has 0 aliphatic heterocycles. The predicted molar refractivity (Wildman–Crippen MR) is 100 cm³/mol. The molecule has 0 aliphatic carbocycles. The Kier molecular flexibility index (Phi) is 7.82. The summed E-state index contributed by atoms with van der Waals surface area (Å²) >= 11 is 3.30. The molecule has 6 nitrogen and oxygen atoms in total. The molecule has 0 spiro atoms. The van der Waals surface area contributed by atoms with Gasteiger partial charge in [0.05, 0.1) is 0 Å². The molecule has 0 saturated carbocycles. The molecule has 0 fully saturated rings. The second-order valence-corrected chi connectivity index (χ2v) is 6.35. The highest BCUT2D eigenvalue weighted by Gasteiger charge is 2.09. The van der Waals surface area contributed by atoms with Gasteiger partial charge in [0.1, 0.15) is 13.2 Å². The van der Waals surface area contributed by atoms with E-state index < -0.39 is 5.97 Å². The number of benzene rings is 2. The number of carbonyl (C=O) groups is 3. The Bertz CT molecular complexity index is 748. The standard InChI is InChI=1S/C19H19BrN2O4/c20-16-8-6-15(7-9-16)19(25)21-11-10-17(23)22-12-18(24)26-13-14-4-2-1-3-5-14/h1-9H,10-13H2,(H,21,25)(H,22,23). The number of nitrogens with one attached hydrogen (secondary N) is 2. The third kappa shape index (κ3) is 7.06. The molecule has 0 aliphatic rings. The van der Waals surface area contributed by atoms with Crippen LogP contribution in [0.15, 0.2) is 59.1 Å². The van der Waals surface area contributed by atoms with Crippen molar-refractivity contribution in [3.63, 3.8) is 0 Å². The van der Waals surface area contributed by atoms with Gasteiger partial charge >= 0.3 is 5.97 Å². The Morgan fingerprint density at radius 3 is 2.31 bits per heavy atom. The quantitative estimate of drug-likeness (QED) is 0.644. The average Bonchev–Trinajstić information content (AvgIpc) is 2.66. The molecule has 0 unspecified atom stereocenters. The van der Waals surface area contributed by atoms with Gasteiger partial charge in [-0.1, -0.05) is 46.3 Å². The Morgan fingerprint density at radius 1 is 0.923 bits per heavy atom. The van der Waals surface area contributed by atoms with E-state index >= 15 is 0 Å². The highest BCUT2D eigenvalue weighted by Crippen LogP contribution is 2.10. The van der Waals surface area contributed by atoms with E-state index in [9.17, 15) is 14.4 Å².